The van der Waals surface area contributed by atoms with Crippen molar-refractivity contribution >= 4 is 37.5 Å². The molecule has 0 radical (unpaired) electrons. The van der Waals surface area contributed by atoms with E-state index in [9.17, 15) is 13.2 Å². The average Bonchev–Trinajstić information content (AvgIpc) is 3.03. The van der Waals surface area contributed by atoms with Gasteiger partial charge in [0, 0.05) is 26.7 Å². The summed E-state index contributed by atoms with van der Waals surface area (Å²) in [4.78, 5) is 16.8. The van der Waals surface area contributed by atoms with E-state index in [1.165, 1.54) is 21.9 Å². The number of piperidine rings is 1. The van der Waals surface area contributed by atoms with Crippen LogP contribution in [0.2, 0.25) is 0 Å². The molecule has 0 atom stereocenters. The number of methoxy groups -OCH3 is 1. The van der Waals surface area contributed by atoms with Crippen molar-refractivity contribution in [2.45, 2.75) is 18.4 Å². The number of benzene rings is 1. The van der Waals surface area contributed by atoms with Gasteiger partial charge in [-0.3, -0.25) is 4.79 Å². The second kappa shape index (κ2) is 6.99. The number of nitrogens with one attached hydrogen (secondary N) is 1. The predicted molar refractivity (Wildman–Crippen MR) is 97.3 cm³/mol. The fourth-order valence-electron chi connectivity index (χ4n) is 2.96. The Morgan fingerprint density at radius 1 is 1.36 bits per heavy atom. The SMILES string of the molecule is COC1(CNC(=O)c2nc3ccccc3s2)CCN(S(C)(=O)=O)CC1. The Morgan fingerprint density at radius 2 is 2.04 bits per heavy atom. The molecular weight excluding hydrogens is 362 g/mol. The van der Waals surface area contributed by atoms with Crippen molar-refractivity contribution in [3.8, 4) is 0 Å². The summed E-state index contributed by atoms with van der Waals surface area (Å²) in [6.45, 7) is 1.11. The van der Waals surface area contributed by atoms with Crippen molar-refractivity contribution in [3.63, 3.8) is 0 Å². The van der Waals surface area contributed by atoms with Gasteiger partial charge in [-0.05, 0) is 25.0 Å². The number of sulfonamides is 1. The number of carbonyl (C=O) groups excluding carboxylic acids is 1. The van der Waals surface area contributed by atoms with Crippen LogP contribution in [0.3, 0.4) is 0 Å². The van der Waals surface area contributed by atoms with Crippen molar-refractivity contribution in [1.82, 2.24) is 14.6 Å². The minimum atomic E-state index is -3.19. The van der Waals surface area contributed by atoms with Crippen LogP contribution < -0.4 is 5.32 Å². The highest BCUT2D eigenvalue weighted by molar-refractivity contribution is 7.88. The number of hydrogen-bond acceptors (Lipinski definition) is 6. The second-order valence-electron chi connectivity index (χ2n) is 6.22. The molecule has 1 aromatic carbocycles. The van der Waals surface area contributed by atoms with Crippen LogP contribution >= 0.6 is 11.3 Å². The van der Waals surface area contributed by atoms with Crippen LogP contribution in [-0.4, -0.2) is 62.2 Å². The van der Waals surface area contributed by atoms with Gasteiger partial charge in [-0.1, -0.05) is 12.1 Å². The van der Waals surface area contributed by atoms with E-state index in [0.717, 1.165) is 10.2 Å². The van der Waals surface area contributed by atoms with Crippen molar-refractivity contribution in [2.75, 3.05) is 33.0 Å². The number of nitrogens with zero attached hydrogens (tertiary/aromatic N) is 2. The average molecular weight is 383 g/mol. The van der Waals surface area contributed by atoms with Crippen LogP contribution in [0.5, 0.6) is 0 Å². The van der Waals surface area contributed by atoms with Crippen LogP contribution in [0.4, 0.5) is 0 Å². The molecule has 0 aliphatic carbocycles. The molecule has 1 saturated heterocycles. The lowest BCUT2D eigenvalue weighted by atomic mass is 9.92. The number of carbonyl (C=O) groups is 1. The highest BCUT2D eigenvalue weighted by atomic mass is 32.2. The van der Waals surface area contributed by atoms with E-state index in [0.29, 0.717) is 37.5 Å². The first-order chi connectivity index (χ1) is 11.8. The summed E-state index contributed by atoms with van der Waals surface area (Å²) < 4.78 is 31.3. The highest BCUT2D eigenvalue weighted by Gasteiger charge is 2.37. The maximum Gasteiger partial charge on any atom is 0.280 e. The van der Waals surface area contributed by atoms with E-state index < -0.39 is 15.6 Å². The molecule has 0 spiro atoms. The summed E-state index contributed by atoms with van der Waals surface area (Å²) in [7, 11) is -1.59. The van der Waals surface area contributed by atoms with Crippen molar-refractivity contribution in [1.29, 1.82) is 0 Å². The lowest BCUT2D eigenvalue weighted by Gasteiger charge is -2.39. The minimum absolute atomic E-state index is 0.233. The normalized spacial score (nSPS) is 18.3. The van der Waals surface area contributed by atoms with E-state index in [2.05, 4.69) is 10.3 Å². The summed E-state index contributed by atoms with van der Waals surface area (Å²) >= 11 is 1.35. The van der Waals surface area contributed by atoms with E-state index >= 15 is 0 Å². The van der Waals surface area contributed by atoms with Crippen molar-refractivity contribution in [3.05, 3.63) is 29.3 Å². The zero-order valence-corrected chi connectivity index (χ0v) is 15.8. The zero-order valence-electron chi connectivity index (χ0n) is 14.2. The lowest BCUT2D eigenvalue weighted by molar-refractivity contribution is -0.0424. The highest BCUT2D eigenvalue weighted by Crippen LogP contribution is 2.27. The van der Waals surface area contributed by atoms with Gasteiger partial charge in [0.05, 0.1) is 22.1 Å². The molecule has 0 saturated carbocycles. The molecule has 1 fully saturated rings. The van der Waals surface area contributed by atoms with Gasteiger partial charge in [0.1, 0.15) is 0 Å². The van der Waals surface area contributed by atoms with E-state index in [1.807, 2.05) is 24.3 Å². The third-order valence-electron chi connectivity index (χ3n) is 4.59. The Kier molecular flexibility index (Phi) is 5.10. The lowest BCUT2D eigenvalue weighted by Crippen LogP contribution is -2.52. The third kappa shape index (κ3) is 4.00. The minimum Gasteiger partial charge on any atom is -0.376 e. The smallest absolute Gasteiger partial charge is 0.280 e. The number of ether oxygens (including phenoxy) is 1. The molecule has 1 amide bonds. The number of para-hydroxylation sites is 1. The van der Waals surface area contributed by atoms with Gasteiger partial charge in [0.2, 0.25) is 10.0 Å². The first kappa shape index (κ1) is 18.2. The number of amides is 1. The Bertz CT molecular complexity index is 837. The van der Waals surface area contributed by atoms with Crippen molar-refractivity contribution in [2.24, 2.45) is 0 Å². The van der Waals surface area contributed by atoms with Gasteiger partial charge in [0.25, 0.3) is 5.91 Å². The molecule has 0 unspecified atom stereocenters. The van der Waals surface area contributed by atoms with Crippen molar-refractivity contribution < 1.29 is 17.9 Å². The fraction of sp³-hybridized carbons (Fsp3) is 0.500. The summed E-state index contributed by atoms with van der Waals surface area (Å²) in [5.74, 6) is -0.233. The largest absolute Gasteiger partial charge is 0.376 e. The van der Waals surface area contributed by atoms with Gasteiger partial charge in [-0.25, -0.2) is 17.7 Å². The van der Waals surface area contributed by atoms with Crippen LogP contribution in [0, 0.1) is 0 Å². The Morgan fingerprint density at radius 3 is 2.64 bits per heavy atom. The zero-order chi connectivity index (χ0) is 18.1. The standard InChI is InChI=1S/C16H21N3O4S2/c1-23-16(7-9-19(10-8-16)25(2,21)22)11-17-14(20)15-18-12-5-3-4-6-13(12)24-15/h3-6H,7-11H2,1-2H3,(H,17,20). The maximum atomic E-state index is 12.4. The topological polar surface area (TPSA) is 88.6 Å². The van der Waals surface area contributed by atoms with E-state index in [1.54, 1.807) is 7.11 Å². The third-order valence-corrected chi connectivity index (χ3v) is 6.93. The van der Waals surface area contributed by atoms with Crippen LogP contribution in [-0.2, 0) is 14.8 Å². The first-order valence-electron chi connectivity index (χ1n) is 7.97. The summed E-state index contributed by atoms with van der Waals surface area (Å²) in [6, 6.07) is 7.61. The van der Waals surface area contributed by atoms with Crippen LogP contribution in [0.15, 0.2) is 24.3 Å². The molecule has 1 aliphatic heterocycles. The van der Waals surface area contributed by atoms with Gasteiger partial charge >= 0.3 is 0 Å². The molecule has 25 heavy (non-hydrogen) atoms. The Labute approximate surface area is 151 Å². The number of aromatic nitrogens is 1. The summed E-state index contributed by atoms with van der Waals surface area (Å²) in [5.41, 5.74) is 0.258. The molecule has 3 rings (SSSR count). The molecule has 9 heteroatoms. The Balaban J connectivity index is 1.64. The Hall–Kier alpha value is -1.55. The monoisotopic (exact) mass is 383 g/mol. The van der Waals surface area contributed by atoms with Gasteiger partial charge in [0.15, 0.2) is 5.01 Å². The molecule has 7 nitrogen and oxygen atoms in total. The quantitative estimate of drug-likeness (QED) is 0.845. The van der Waals surface area contributed by atoms with Crippen LogP contribution in [0.25, 0.3) is 10.2 Å². The van der Waals surface area contributed by atoms with Gasteiger partial charge in [-0.15, -0.1) is 11.3 Å². The number of fused-ring (bicyclic) bond motifs is 1. The molecule has 1 aromatic heterocycles. The van der Waals surface area contributed by atoms with Crippen LogP contribution in [0.1, 0.15) is 22.6 Å². The maximum absolute atomic E-state index is 12.4. The number of thiazole rings is 1. The molecular formula is C16H21N3O4S2. The second-order valence-corrected chi connectivity index (χ2v) is 9.23. The van der Waals surface area contributed by atoms with Gasteiger partial charge < -0.3 is 10.1 Å². The van der Waals surface area contributed by atoms with E-state index in [-0.39, 0.29) is 5.91 Å². The fourth-order valence-corrected chi connectivity index (χ4v) is 4.69. The summed E-state index contributed by atoms with van der Waals surface area (Å²) in [5, 5.41) is 3.31. The molecule has 0 bridgehead atoms. The predicted octanol–water partition coefficient (Wildman–Crippen LogP) is 1.47. The van der Waals surface area contributed by atoms with E-state index in [4.69, 9.17) is 4.74 Å². The number of rotatable bonds is 5. The molecule has 2 aromatic rings. The first-order valence-corrected chi connectivity index (χ1v) is 10.6. The van der Waals surface area contributed by atoms with Gasteiger partial charge in [-0.2, -0.15) is 0 Å². The molecule has 2 heterocycles. The molecule has 1 aliphatic rings. The molecule has 1 N–H and O–H groups in total. The molecule has 136 valence electrons. The number of hydrogen-bond donors (Lipinski definition) is 1. The summed E-state index contributed by atoms with van der Waals surface area (Å²) in [6.07, 6.45) is 2.29.